The van der Waals surface area contributed by atoms with Crippen LogP contribution in [0.25, 0.3) is 5.69 Å². The standard InChI is InChI=1S/C19H13F2N3O3/c20-11-2-3-15(14(21)6-11)24-19-13(8-22-24)12(7-18(25)23-19)10-1-4-16-17(5-10)27-9-26-16/h1-6,8,12H,7,9H2,(H,23,25). The molecule has 1 N–H and O–H groups in total. The molecule has 0 aliphatic carbocycles. The molecule has 2 aliphatic heterocycles. The van der Waals surface area contributed by atoms with Gasteiger partial charge in [-0.05, 0) is 29.8 Å². The smallest absolute Gasteiger partial charge is 0.231 e. The Morgan fingerprint density at radius 1 is 1.11 bits per heavy atom. The highest BCUT2D eigenvalue weighted by Gasteiger charge is 2.31. The summed E-state index contributed by atoms with van der Waals surface area (Å²) in [6.45, 7) is 0.164. The number of fused-ring (bicyclic) bond motifs is 2. The molecule has 6 nitrogen and oxygen atoms in total. The highest BCUT2D eigenvalue weighted by molar-refractivity contribution is 5.94. The Kier molecular flexibility index (Phi) is 3.40. The van der Waals surface area contributed by atoms with Gasteiger partial charge in [-0.25, -0.2) is 13.5 Å². The monoisotopic (exact) mass is 369 g/mol. The highest BCUT2D eigenvalue weighted by Crippen LogP contribution is 2.42. The van der Waals surface area contributed by atoms with Gasteiger partial charge in [0, 0.05) is 24.0 Å². The van der Waals surface area contributed by atoms with Crippen LogP contribution in [-0.4, -0.2) is 22.5 Å². The second kappa shape index (κ2) is 5.80. The Hall–Kier alpha value is -3.42. The maximum Gasteiger partial charge on any atom is 0.231 e. The Morgan fingerprint density at radius 3 is 2.81 bits per heavy atom. The summed E-state index contributed by atoms with van der Waals surface area (Å²) in [4.78, 5) is 12.3. The van der Waals surface area contributed by atoms with Crippen LogP contribution in [0.2, 0.25) is 0 Å². The molecule has 2 aliphatic rings. The number of carbonyl (C=O) groups excluding carboxylic acids is 1. The van der Waals surface area contributed by atoms with Gasteiger partial charge in [-0.15, -0.1) is 0 Å². The summed E-state index contributed by atoms with van der Waals surface area (Å²) in [6.07, 6.45) is 1.82. The van der Waals surface area contributed by atoms with Crippen LogP contribution < -0.4 is 14.8 Å². The van der Waals surface area contributed by atoms with Gasteiger partial charge < -0.3 is 14.8 Å². The van der Waals surface area contributed by atoms with E-state index >= 15 is 0 Å². The zero-order chi connectivity index (χ0) is 18.5. The summed E-state index contributed by atoms with van der Waals surface area (Å²) in [7, 11) is 0. The summed E-state index contributed by atoms with van der Waals surface area (Å²) in [5.74, 6) is -0.269. The molecule has 27 heavy (non-hydrogen) atoms. The van der Waals surface area contributed by atoms with Crippen LogP contribution in [-0.2, 0) is 4.79 Å². The molecule has 0 radical (unpaired) electrons. The quantitative estimate of drug-likeness (QED) is 0.752. The number of carbonyl (C=O) groups is 1. The number of aromatic nitrogens is 2. The van der Waals surface area contributed by atoms with Crippen LogP contribution >= 0.6 is 0 Å². The molecule has 0 spiro atoms. The van der Waals surface area contributed by atoms with Gasteiger partial charge in [-0.3, -0.25) is 4.79 Å². The first-order chi connectivity index (χ1) is 13.1. The molecule has 0 saturated carbocycles. The first kappa shape index (κ1) is 15.8. The third kappa shape index (κ3) is 2.52. The zero-order valence-electron chi connectivity index (χ0n) is 13.9. The molecule has 2 aromatic carbocycles. The van der Waals surface area contributed by atoms with E-state index in [1.807, 2.05) is 12.1 Å². The average molecular weight is 369 g/mol. The third-order valence-corrected chi connectivity index (χ3v) is 4.76. The van der Waals surface area contributed by atoms with Crippen LogP contribution in [0.1, 0.15) is 23.5 Å². The Labute approximate surface area is 152 Å². The lowest BCUT2D eigenvalue weighted by Gasteiger charge is -2.24. The number of nitrogens with zero attached hydrogens (tertiary/aromatic N) is 2. The third-order valence-electron chi connectivity index (χ3n) is 4.76. The lowest BCUT2D eigenvalue weighted by Crippen LogP contribution is -2.24. The minimum atomic E-state index is -0.764. The van der Waals surface area contributed by atoms with Crippen molar-refractivity contribution in [2.24, 2.45) is 0 Å². The number of hydrogen-bond donors (Lipinski definition) is 1. The molecule has 0 fully saturated rings. The van der Waals surface area contributed by atoms with Crippen molar-refractivity contribution in [3.63, 3.8) is 0 Å². The van der Waals surface area contributed by atoms with Crippen LogP contribution in [0.5, 0.6) is 11.5 Å². The number of rotatable bonds is 2. The molecule has 5 rings (SSSR count). The van der Waals surface area contributed by atoms with Crippen molar-refractivity contribution in [2.75, 3.05) is 12.1 Å². The van der Waals surface area contributed by atoms with E-state index in [4.69, 9.17) is 9.47 Å². The lowest BCUT2D eigenvalue weighted by molar-refractivity contribution is -0.116. The van der Waals surface area contributed by atoms with E-state index in [0.717, 1.165) is 23.3 Å². The van der Waals surface area contributed by atoms with E-state index in [1.54, 1.807) is 12.3 Å². The van der Waals surface area contributed by atoms with Crippen molar-refractivity contribution in [3.05, 3.63) is 65.4 Å². The maximum atomic E-state index is 14.2. The van der Waals surface area contributed by atoms with E-state index in [-0.39, 0.29) is 30.7 Å². The first-order valence-corrected chi connectivity index (χ1v) is 8.33. The molecule has 3 heterocycles. The Morgan fingerprint density at radius 2 is 1.96 bits per heavy atom. The fraction of sp³-hybridized carbons (Fsp3) is 0.158. The van der Waals surface area contributed by atoms with Crippen LogP contribution in [0.3, 0.4) is 0 Å². The molecule has 1 amide bonds. The second-order valence-corrected chi connectivity index (χ2v) is 6.37. The van der Waals surface area contributed by atoms with E-state index in [0.29, 0.717) is 17.3 Å². The summed E-state index contributed by atoms with van der Waals surface area (Å²) >= 11 is 0. The fourth-order valence-electron chi connectivity index (χ4n) is 3.48. The molecule has 0 saturated heterocycles. The molecule has 1 unspecified atom stereocenters. The number of amides is 1. The Bertz CT molecular complexity index is 1080. The molecule has 8 heteroatoms. The van der Waals surface area contributed by atoms with Gasteiger partial charge >= 0.3 is 0 Å². The summed E-state index contributed by atoms with van der Waals surface area (Å²) in [5, 5.41) is 6.97. The van der Waals surface area contributed by atoms with Crippen LogP contribution in [0.4, 0.5) is 14.6 Å². The van der Waals surface area contributed by atoms with Gasteiger partial charge in [0.1, 0.15) is 17.3 Å². The molecule has 3 aromatic rings. The molecular weight excluding hydrogens is 356 g/mol. The molecular formula is C19H13F2N3O3. The minimum absolute atomic E-state index is 0.0595. The lowest BCUT2D eigenvalue weighted by atomic mass is 9.87. The van der Waals surface area contributed by atoms with E-state index in [9.17, 15) is 13.6 Å². The van der Waals surface area contributed by atoms with Crippen molar-refractivity contribution in [1.29, 1.82) is 0 Å². The highest BCUT2D eigenvalue weighted by atomic mass is 19.1. The Balaban J connectivity index is 1.61. The summed E-state index contributed by atoms with van der Waals surface area (Å²) in [6, 6.07) is 8.72. The van der Waals surface area contributed by atoms with Gasteiger partial charge in [0.2, 0.25) is 12.7 Å². The van der Waals surface area contributed by atoms with Crippen molar-refractivity contribution in [3.8, 4) is 17.2 Å². The van der Waals surface area contributed by atoms with Gasteiger partial charge in [-0.1, -0.05) is 6.07 Å². The first-order valence-electron chi connectivity index (χ1n) is 8.33. The molecule has 0 bridgehead atoms. The van der Waals surface area contributed by atoms with Crippen LogP contribution in [0.15, 0.2) is 42.6 Å². The zero-order valence-corrected chi connectivity index (χ0v) is 13.9. The van der Waals surface area contributed by atoms with Gasteiger partial charge in [-0.2, -0.15) is 5.10 Å². The largest absolute Gasteiger partial charge is 0.454 e. The van der Waals surface area contributed by atoms with Crippen molar-refractivity contribution < 1.29 is 23.0 Å². The van der Waals surface area contributed by atoms with Crippen molar-refractivity contribution >= 4 is 11.7 Å². The number of ether oxygens (including phenoxy) is 2. The van der Waals surface area contributed by atoms with Crippen molar-refractivity contribution in [2.45, 2.75) is 12.3 Å². The van der Waals surface area contributed by atoms with Crippen LogP contribution in [0, 0.1) is 11.6 Å². The van der Waals surface area contributed by atoms with E-state index < -0.39 is 11.6 Å². The number of benzene rings is 2. The second-order valence-electron chi connectivity index (χ2n) is 6.37. The molecule has 136 valence electrons. The number of nitrogens with one attached hydrogen (secondary N) is 1. The maximum absolute atomic E-state index is 14.2. The summed E-state index contributed by atoms with van der Waals surface area (Å²) < 4.78 is 39.5. The SMILES string of the molecule is O=C1CC(c2ccc3c(c2)OCO3)c2cnn(-c3ccc(F)cc3F)c2N1. The van der Waals surface area contributed by atoms with Gasteiger partial charge in [0.05, 0.1) is 6.20 Å². The van der Waals surface area contributed by atoms with E-state index in [1.165, 1.54) is 10.7 Å². The average Bonchev–Trinajstić information content (AvgIpc) is 3.27. The summed E-state index contributed by atoms with van der Waals surface area (Å²) in [5.41, 5.74) is 1.68. The fourth-order valence-corrected chi connectivity index (χ4v) is 3.48. The normalized spacial score (nSPS) is 17.6. The topological polar surface area (TPSA) is 65.4 Å². The predicted molar refractivity (Wildman–Crippen MR) is 91.1 cm³/mol. The number of hydrogen-bond acceptors (Lipinski definition) is 4. The van der Waals surface area contributed by atoms with E-state index in [2.05, 4.69) is 10.4 Å². The predicted octanol–water partition coefficient (Wildman–Crippen LogP) is 3.35. The minimum Gasteiger partial charge on any atom is -0.454 e. The molecule has 1 atom stereocenters. The van der Waals surface area contributed by atoms with Gasteiger partial charge in [0.25, 0.3) is 0 Å². The molecule has 1 aromatic heterocycles. The van der Waals surface area contributed by atoms with Gasteiger partial charge in [0.15, 0.2) is 17.3 Å². The van der Waals surface area contributed by atoms with Crippen molar-refractivity contribution in [1.82, 2.24) is 9.78 Å². The number of anilines is 1. The number of halogens is 2.